The van der Waals surface area contributed by atoms with E-state index < -0.39 is 16.8 Å². The van der Waals surface area contributed by atoms with Gasteiger partial charge in [-0.2, -0.15) is 0 Å². The van der Waals surface area contributed by atoms with Crippen LogP contribution in [-0.4, -0.2) is 20.1 Å². The van der Waals surface area contributed by atoms with Crippen molar-refractivity contribution in [3.63, 3.8) is 0 Å². The van der Waals surface area contributed by atoms with Crippen molar-refractivity contribution in [1.82, 2.24) is 0 Å². The number of hydrogen-bond acceptors (Lipinski definition) is 7. The molecule has 0 atom stereocenters. The van der Waals surface area contributed by atoms with Crippen LogP contribution in [0.1, 0.15) is 5.56 Å². The van der Waals surface area contributed by atoms with Crippen LogP contribution in [0.3, 0.4) is 0 Å². The summed E-state index contributed by atoms with van der Waals surface area (Å²) in [4.78, 5) is 22.9. The molecule has 0 amide bonds. The molecule has 0 spiro atoms. The molecule has 0 fully saturated rings. The van der Waals surface area contributed by atoms with Crippen LogP contribution in [0.4, 0.5) is 0 Å². The summed E-state index contributed by atoms with van der Waals surface area (Å²) >= 11 is 0. The third-order valence-corrected chi connectivity index (χ3v) is 5.52. The van der Waals surface area contributed by atoms with Gasteiger partial charge in [-0.15, -0.1) is 0 Å². The highest BCUT2D eigenvalue weighted by atomic mass is 16.4. The lowest BCUT2D eigenvalue weighted by atomic mass is 9.99. The van der Waals surface area contributed by atoms with E-state index in [0.29, 0.717) is 21.9 Å². The lowest BCUT2D eigenvalue weighted by Gasteiger charge is -2.14. The van der Waals surface area contributed by atoms with Crippen molar-refractivity contribution in [3.8, 4) is 28.6 Å². The second kappa shape index (κ2) is 5.57. The molecule has 0 saturated carbocycles. The third kappa shape index (κ3) is 2.18. The van der Waals surface area contributed by atoms with E-state index in [4.69, 9.17) is 13.3 Å². The summed E-state index contributed by atoms with van der Waals surface area (Å²) in [6, 6.07) is 8.64. The highest BCUT2D eigenvalue weighted by Crippen LogP contribution is 2.45. The van der Waals surface area contributed by atoms with Gasteiger partial charge in [0.2, 0.25) is 0 Å². The molecule has 0 aliphatic carbocycles. The fourth-order valence-electron chi connectivity index (χ4n) is 4.09. The number of phenols is 3. The van der Waals surface area contributed by atoms with Crippen molar-refractivity contribution in [2.45, 2.75) is 6.92 Å². The summed E-state index contributed by atoms with van der Waals surface area (Å²) in [6.07, 6.45) is 0. The smallest absolute Gasteiger partial charge is 0.386 e. The Balaban J connectivity index is 1.97. The Labute approximate surface area is 171 Å². The van der Waals surface area contributed by atoms with Crippen LogP contribution < -0.4 is 11.1 Å². The summed E-state index contributed by atoms with van der Waals surface area (Å²) in [6.45, 7) is 1.72. The first-order chi connectivity index (χ1) is 14.8. The van der Waals surface area contributed by atoms with Gasteiger partial charge in [0.15, 0.2) is 16.9 Å². The predicted octanol–water partition coefficient (Wildman–Crippen LogP) is 3.97. The summed E-state index contributed by atoms with van der Waals surface area (Å²) in [7, 11) is 0. The molecule has 3 heterocycles. The quantitative estimate of drug-likeness (QED) is 0.209. The van der Waals surface area contributed by atoms with E-state index in [1.807, 2.05) is 0 Å². The maximum absolute atomic E-state index is 12.8. The van der Waals surface area contributed by atoms with Gasteiger partial charge in [-0.3, -0.25) is 4.79 Å². The minimum Gasteiger partial charge on any atom is -0.508 e. The van der Waals surface area contributed by atoms with Crippen LogP contribution in [0, 0.1) is 6.92 Å². The first-order valence-electron chi connectivity index (χ1n) is 9.29. The normalized spacial score (nSPS) is 12.0. The average Bonchev–Trinajstić information content (AvgIpc) is 2.73. The topological polar surface area (TPSA) is 139 Å². The van der Waals surface area contributed by atoms with Gasteiger partial charge in [0.25, 0.3) is 5.75 Å². The maximum atomic E-state index is 12.8. The van der Waals surface area contributed by atoms with Crippen molar-refractivity contribution in [2.24, 2.45) is 0 Å². The Morgan fingerprint density at radius 2 is 1.58 bits per heavy atom. The molecule has 3 aromatic carbocycles. The highest BCUT2D eigenvalue weighted by molar-refractivity contribution is 6.28. The second-order valence-electron chi connectivity index (χ2n) is 7.44. The zero-order valence-electron chi connectivity index (χ0n) is 15.9. The summed E-state index contributed by atoms with van der Waals surface area (Å²) in [5.74, 6) is -0.390. The number of hydrogen-bond donors (Lipinski definition) is 3. The van der Waals surface area contributed by atoms with Crippen molar-refractivity contribution >= 4 is 43.9 Å². The molecule has 0 radical (unpaired) electrons. The third-order valence-electron chi connectivity index (χ3n) is 5.52. The Morgan fingerprint density at radius 1 is 0.839 bits per heavy atom. The minimum atomic E-state index is -0.754. The maximum Gasteiger partial charge on any atom is 0.386 e. The van der Waals surface area contributed by atoms with Crippen molar-refractivity contribution in [3.05, 3.63) is 57.8 Å². The van der Waals surface area contributed by atoms with E-state index in [1.54, 1.807) is 19.1 Å². The van der Waals surface area contributed by atoms with Crippen molar-refractivity contribution in [2.75, 3.05) is 0 Å². The number of aromatic hydroxyl groups is 3. The second-order valence-corrected chi connectivity index (χ2v) is 7.44. The molecule has 0 aliphatic heterocycles. The van der Waals surface area contributed by atoms with Crippen LogP contribution in [-0.2, 0) is 0 Å². The zero-order valence-corrected chi connectivity index (χ0v) is 15.9. The molecular formula is C23H13O8+. The Kier molecular flexibility index (Phi) is 3.13. The molecule has 31 heavy (non-hydrogen) atoms. The molecule has 6 rings (SSSR count). The van der Waals surface area contributed by atoms with Gasteiger partial charge in [0.1, 0.15) is 22.7 Å². The molecule has 152 valence electrons. The number of rotatable bonds is 1. The summed E-state index contributed by atoms with van der Waals surface area (Å²) < 4.78 is 17.4. The standard InChI is InChI=1S/C23H12O8/c1-8-4-9(2-3-12(8)25)20-22-18-16-11(23(28)31-22)7-13(26)19(27)21(16)30-15-6-10(24)5-14(29-20)17(15)18/h2-7,24-25,27H,1H3/p+1. The zero-order chi connectivity index (χ0) is 21.6. The first kappa shape index (κ1) is 17.4. The highest BCUT2D eigenvalue weighted by Gasteiger charge is 2.27. The van der Waals surface area contributed by atoms with Crippen LogP contribution in [0.15, 0.2) is 54.4 Å². The molecule has 0 aliphatic rings. The lowest BCUT2D eigenvalue weighted by molar-refractivity contribution is 0.431. The fourth-order valence-corrected chi connectivity index (χ4v) is 4.09. The largest absolute Gasteiger partial charge is 0.508 e. The molecule has 0 unspecified atom stereocenters. The van der Waals surface area contributed by atoms with Gasteiger partial charge in [-0.25, -0.2) is 4.79 Å². The van der Waals surface area contributed by atoms with Crippen molar-refractivity contribution < 1.29 is 33.4 Å². The number of aryl methyl sites for hydroxylation is 1. The Bertz CT molecular complexity index is 1820. The van der Waals surface area contributed by atoms with Gasteiger partial charge in [-0.05, 0) is 30.7 Å². The van der Waals surface area contributed by atoms with E-state index >= 15 is 0 Å². The molecular weight excluding hydrogens is 404 g/mol. The van der Waals surface area contributed by atoms with Gasteiger partial charge < -0.3 is 28.6 Å². The predicted molar refractivity (Wildman–Crippen MR) is 111 cm³/mol. The van der Waals surface area contributed by atoms with Gasteiger partial charge in [-0.1, -0.05) is 0 Å². The molecule has 8 nitrogen and oxygen atoms in total. The van der Waals surface area contributed by atoms with E-state index in [9.17, 15) is 24.9 Å². The minimum absolute atomic E-state index is 0.0249. The number of phenolic OH excluding ortho intramolecular Hbond substituents is 3. The SMILES string of the molecule is Cc1cc(-c2oc3cc(O)cc4oc5c(O)c(=[OH+])cc6c(=O)oc2c(c34)c56)ccc1O. The molecule has 8 heteroatoms. The van der Waals surface area contributed by atoms with Crippen LogP contribution in [0.2, 0.25) is 0 Å². The van der Waals surface area contributed by atoms with E-state index in [1.165, 1.54) is 18.2 Å². The molecule has 0 saturated heterocycles. The van der Waals surface area contributed by atoms with Gasteiger partial charge in [0, 0.05) is 28.5 Å². The number of benzene rings is 3. The average molecular weight is 417 g/mol. The summed E-state index contributed by atoms with van der Waals surface area (Å²) in [5.41, 5.74) is 0.237. The molecule has 3 aromatic heterocycles. The van der Waals surface area contributed by atoms with E-state index in [-0.39, 0.29) is 50.4 Å². The monoisotopic (exact) mass is 417 g/mol. The van der Waals surface area contributed by atoms with Crippen LogP contribution >= 0.6 is 0 Å². The Hall–Kier alpha value is -4.46. The van der Waals surface area contributed by atoms with Crippen molar-refractivity contribution in [1.29, 1.82) is 0 Å². The van der Waals surface area contributed by atoms with E-state index in [0.717, 1.165) is 6.07 Å². The molecule has 6 aromatic rings. The van der Waals surface area contributed by atoms with Gasteiger partial charge >= 0.3 is 11.1 Å². The van der Waals surface area contributed by atoms with E-state index in [2.05, 4.69) is 0 Å². The Morgan fingerprint density at radius 3 is 2.32 bits per heavy atom. The first-order valence-corrected chi connectivity index (χ1v) is 9.29. The molecule has 4 N–H and O–H groups in total. The van der Waals surface area contributed by atoms with Crippen LogP contribution in [0.5, 0.6) is 17.2 Å². The van der Waals surface area contributed by atoms with Crippen LogP contribution in [0.25, 0.3) is 55.2 Å². The molecule has 0 bridgehead atoms. The summed E-state index contributed by atoms with van der Waals surface area (Å²) in [5, 5.41) is 31.7. The van der Waals surface area contributed by atoms with Gasteiger partial charge in [0.05, 0.1) is 16.8 Å². The lowest BCUT2D eigenvalue weighted by Crippen LogP contribution is -2.09. The fraction of sp³-hybridized carbons (Fsp3) is 0.0435.